The maximum atomic E-state index is 11.7. The van der Waals surface area contributed by atoms with Crippen molar-refractivity contribution in [2.24, 2.45) is 5.92 Å². The van der Waals surface area contributed by atoms with E-state index in [1.54, 1.807) is 13.0 Å². The lowest BCUT2D eigenvalue weighted by atomic mass is 9.83. The minimum absolute atomic E-state index is 0.283. The summed E-state index contributed by atoms with van der Waals surface area (Å²) in [5.74, 6) is -0.735. The lowest BCUT2D eigenvalue weighted by Gasteiger charge is -2.27. The number of hydrogen-bond donors (Lipinski definition) is 2. The van der Waals surface area contributed by atoms with E-state index in [-0.39, 0.29) is 17.6 Å². The molecule has 0 amide bonds. The maximum absolute atomic E-state index is 11.7. The van der Waals surface area contributed by atoms with Crippen molar-refractivity contribution in [2.45, 2.75) is 64.0 Å². The number of rotatable bonds is 9. The lowest BCUT2D eigenvalue weighted by Crippen LogP contribution is -2.37. The molecule has 7 nitrogen and oxygen atoms in total. The summed E-state index contributed by atoms with van der Waals surface area (Å²) >= 11 is 6.70. The van der Waals surface area contributed by atoms with Crippen molar-refractivity contribution in [3.05, 3.63) is 76.0 Å². The van der Waals surface area contributed by atoms with Crippen molar-refractivity contribution >= 4 is 37.5 Å². The van der Waals surface area contributed by atoms with Gasteiger partial charge in [0, 0.05) is 28.4 Å². The molecule has 0 aromatic heterocycles. The van der Waals surface area contributed by atoms with E-state index in [0.717, 1.165) is 34.5 Å². The van der Waals surface area contributed by atoms with Crippen LogP contribution < -0.4 is 4.90 Å². The molecule has 10 heteroatoms. The second-order valence-corrected chi connectivity index (χ2v) is 14.7. The summed E-state index contributed by atoms with van der Waals surface area (Å²) in [7, 11) is -8.26. The molecule has 0 saturated carbocycles. The summed E-state index contributed by atoms with van der Waals surface area (Å²) in [6.45, 7) is 9.40. The van der Waals surface area contributed by atoms with Gasteiger partial charge >= 0.3 is 0 Å². The van der Waals surface area contributed by atoms with Crippen LogP contribution in [0, 0.1) is 5.92 Å². The standard InChI is InChI=1S/C27H36ClNO6S2/c1-19(27(4,5)37(33,34)35)11-12-20-13-14-21(25(20)28)15-16-24-26(2,3)22-9-6-7-10-23(22)29(24)17-8-18-36(30,31)32/h6-7,9-12,15-16,19H,8,13-14,17-18H2,1-5H3,(H,30,31,32)(H,33,34,35). The molecular weight excluding hydrogens is 534 g/mol. The molecule has 2 N–H and O–H groups in total. The van der Waals surface area contributed by atoms with Crippen molar-refractivity contribution in [1.82, 2.24) is 0 Å². The first-order valence-corrected chi connectivity index (χ1v) is 15.7. The minimum atomic E-state index is -4.22. The maximum Gasteiger partial charge on any atom is 0.270 e. The summed E-state index contributed by atoms with van der Waals surface area (Å²) < 4.78 is 63.4. The predicted molar refractivity (Wildman–Crippen MR) is 150 cm³/mol. The number of para-hydroxylation sites is 1. The zero-order valence-electron chi connectivity index (χ0n) is 21.9. The Bertz CT molecular complexity index is 1390. The Hall–Kier alpha value is -1.91. The molecule has 1 aromatic carbocycles. The van der Waals surface area contributed by atoms with Crippen molar-refractivity contribution in [3.63, 3.8) is 0 Å². The van der Waals surface area contributed by atoms with Crippen LogP contribution in [-0.4, -0.2) is 43.0 Å². The Morgan fingerprint density at radius 2 is 1.76 bits per heavy atom. The van der Waals surface area contributed by atoms with E-state index in [2.05, 4.69) is 24.8 Å². The van der Waals surface area contributed by atoms with Crippen LogP contribution in [-0.2, 0) is 25.7 Å². The zero-order valence-corrected chi connectivity index (χ0v) is 24.3. The quantitative estimate of drug-likeness (QED) is 0.350. The first-order valence-electron chi connectivity index (χ1n) is 12.2. The number of nitrogens with zero attached hydrogens (tertiary/aromatic N) is 1. The molecule has 0 radical (unpaired) electrons. The van der Waals surface area contributed by atoms with E-state index < -0.39 is 30.9 Å². The SMILES string of the molecule is CC(C=CC1=C(Cl)C(=CC=C2N(CCCS(=O)(=O)O)c3ccccc3C2(C)C)CC1)C(C)(C)S(=O)(=O)O. The van der Waals surface area contributed by atoms with Crippen molar-refractivity contribution in [1.29, 1.82) is 0 Å². The van der Waals surface area contributed by atoms with Gasteiger partial charge in [-0.2, -0.15) is 16.8 Å². The number of fused-ring (bicyclic) bond motifs is 1. The van der Waals surface area contributed by atoms with E-state index in [1.807, 2.05) is 36.4 Å². The molecule has 1 atom stereocenters. The van der Waals surface area contributed by atoms with Gasteiger partial charge in [-0.25, -0.2) is 0 Å². The number of allylic oxidation sites excluding steroid dienone is 8. The van der Waals surface area contributed by atoms with Crippen LogP contribution >= 0.6 is 11.6 Å². The number of benzene rings is 1. The molecule has 2 aliphatic rings. The van der Waals surface area contributed by atoms with Crippen LogP contribution in [0.4, 0.5) is 5.69 Å². The second kappa shape index (κ2) is 10.7. The predicted octanol–water partition coefficient (Wildman–Crippen LogP) is 6.02. The molecule has 37 heavy (non-hydrogen) atoms. The Morgan fingerprint density at radius 3 is 2.38 bits per heavy atom. The highest BCUT2D eigenvalue weighted by Gasteiger charge is 2.40. The van der Waals surface area contributed by atoms with Crippen LogP contribution in [0.2, 0.25) is 0 Å². The van der Waals surface area contributed by atoms with Gasteiger partial charge in [-0.3, -0.25) is 9.11 Å². The Morgan fingerprint density at radius 1 is 1.11 bits per heavy atom. The van der Waals surface area contributed by atoms with Gasteiger partial charge in [0.2, 0.25) is 0 Å². The normalized spacial score (nSPS) is 21.5. The summed E-state index contributed by atoms with van der Waals surface area (Å²) in [5, 5.41) is 0.621. The van der Waals surface area contributed by atoms with Crippen LogP contribution in [0.15, 0.2) is 70.4 Å². The minimum Gasteiger partial charge on any atom is -0.344 e. The smallest absolute Gasteiger partial charge is 0.270 e. The third-order valence-electron chi connectivity index (χ3n) is 7.60. The summed E-state index contributed by atoms with van der Waals surface area (Å²) in [5.41, 5.74) is 4.70. The van der Waals surface area contributed by atoms with Crippen LogP contribution in [0.3, 0.4) is 0 Å². The van der Waals surface area contributed by atoms with E-state index >= 15 is 0 Å². The highest BCUT2D eigenvalue weighted by atomic mass is 35.5. The molecule has 1 heterocycles. The highest BCUT2D eigenvalue weighted by Crippen LogP contribution is 2.48. The molecule has 0 spiro atoms. The number of hydrogen-bond acceptors (Lipinski definition) is 5. The molecule has 3 rings (SSSR count). The summed E-state index contributed by atoms with van der Waals surface area (Å²) in [6.07, 6.45) is 9.35. The second-order valence-electron chi connectivity index (χ2n) is 10.7. The molecule has 0 saturated heterocycles. The van der Waals surface area contributed by atoms with E-state index in [1.165, 1.54) is 13.8 Å². The van der Waals surface area contributed by atoms with Crippen molar-refractivity contribution in [2.75, 3.05) is 17.2 Å². The molecule has 1 aromatic rings. The molecule has 1 aliphatic heterocycles. The first kappa shape index (κ1) is 29.6. The average molecular weight is 570 g/mol. The number of anilines is 1. The zero-order chi connectivity index (χ0) is 27.8. The van der Waals surface area contributed by atoms with Gasteiger partial charge in [0.05, 0.1) is 10.5 Å². The van der Waals surface area contributed by atoms with Crippen molar-refractivity contribution in [3.8, 4) is 0 Å². The monoisotopic (exact) mass is 569 g/mol. The fraction of sp³-hybridized carbons (Fsp3) is 0.481. The van der Waals surface area contributed by atoms with E-state index in [9.17, 15) is 25.9 Å². The van der Waals surface area contributed by atoms with E-state index in [4.69, 9.17) is 11.6 Å². The average Bonchev–Trinajstić information content (AvgIpc) is 3.23. The molecule has 204 valence electrons. The molecule has 1 unspecified atom stereocenters. The topological polar surface area (TPSA) is 112 Å². The molecular formula is C27H36ClNO6S2. The molecule has 0 bridgehead atoms. The molecule has 0 fully saturated rings. The highest BCUT2D eigenvalue weighted by molar-refractivity contribution is 7.87. The van der Waals surface area contributed by atoms with Gasteiger partial charge in [-0.15, -0.1) is 0 Å². The van der Waals surface area contributed by atoms with Gasteiger partial charge in [-0.05, 0) is 67.9 Å². The summed E-state index contributed by atoms with van der Waals surface area (Å²) in [6, 6.07) is 8.02. The fourth-order valence-electron chi connectivity index (χ4n) is 4.70. The first-order chi connectivity index (χ1) is 17.0. The van der Waals surface area contributed by atoms with Crippen molar-refractivity contribution < 1.29 is 25.9 Å². The summed E-state index contributed by atoms with van der Waals surface area (Å²) in [4.78, 5) is 2.10. The number of halogens is 1. The van der Waals surface area contributed by atoms with Crippen LogP contribution in [0.5, 0.6) is 0 Å². The third kappa shape index (κ3) is 6.40. The van der Waals surface area contributed by atoms with Crippen LogP contribution in [0.25, 0.3) is 0 Å². The van der Waals surface area contributed by atoms with Gasteiger partial charge < -0.3 is 4.90 Å². The fourth-order valence-corrected chi connectivity index (χ4v) is 6.06. The Kier molecular flexibility index (Phi) is 8.56. The lowest BCUT2D eigenvalue weighted by molar-refractivity contribution is 0.409. The third-order valence-corrected chi connectivity index (χ3v) is 10.6. The van der Waals surface area contributed by atoms with Gasteiger partial charge in [0.1, 0.15) is 0 Å². The molecule has 1 aliphatic carbocycles. The van der Waals surface area contributed by atoms with E-state index in [0.29, 0.717) is 18.0 Å². The largest absolute Gasteiger partial charge is 0.344 e. The Balaban J connectivity index is 1.90. The van der Waals surface area contributed by atoms with Crippen LogP contribution in [0.1, 0.15) is 59.4 Å². The Labute approximate surface area is 226 Å². The van der Waals surface area contributed by atoms with Gasteiger partial charge in [0.15, 0.2) is 0 Å². The van der Waals surface area contributed by atoms with Gasteiger partial charge in [0.25, 0.3) is 20.2 Å². The van der Waals surface area contributed by atoms with Gasteiger partial charge in [-0.1, -0.05) is 68.8 Å².